The highest BCUT2D eigenvalue weighted by Crippen LogP contribution is 2.35. The van der Waals surface area contributed by atoms with Crippen LogP contribution < -0.4 is 10.9 Å². The zero-order chi connectivity index (χ0) is 15.5. The summed E-state index contributed by atoms with van der Waals surface area (Å²) >= 11 is 3.31. The second kappa shape index (κ2) is 6.63. The van der Waals surface area contributed by atoms with Crippen LogP contribution in [0.5, 0.6) is 0 Å². The van der Waals surface area contributed by atoms with Crippen molar-refractivity contribution in [2.75, 3.05) is 11.9 Å². The summed E-state index contributed by atoms with van der Waals surface area (Å²) in [7, 11) is 0. The maximum atomic E-state index is 12.1. The van der Waals surface area contributed by atoms with Gasteiger partial charge in [-0.05, 0) is 47.5 Å². The summed E-state index contributed by atoms with van der Waals surface area (Å²) in [5.74, 6) is 3.07. The molecule has 0 bridgehead atoms. The molecule has 0 spiro atoms. The highest BCUT2D eigenvalue weighted by molar-refractivity contribution is 9.10. The fraction of sp³-hybridized carbons (Fsp3) is 0.600. The highest BCUT2D eigenvalue weighted by atomic mass is 79.9. The van der Waals surface area contributed by atoms with Crippen LogP contribution in [0.2, 0.25) is 0 Å². The molecule has 5 nitrogen and oxygen atoms in total. The van der Waals surface area contributed by atoms with Gasteiger partial charge >= 0.3 is 0 Å². The molecule has 0 amide bonds. The quantitative estimate of drug-likeness (QED) is 0.812. The molecule has 1 fully saturated rings. The van der Waals surface area contributed by atoms with Gasteiger partial charge in [0.1, 0.15) is 11.0 Å². The van der Waals surface area contributed by atoms with Crippen LogP contribution >= 0.6 is 15.9 Å². The second-order valence-corrected chi connectivity index (χ2v) is 6.58. The van der Waals surface area contributed by atoms with Crippen LogP contribution in [0.25, 0.3) is 0 Å². The minimum absolute atomic E-state index is 0.0413. The smallest absolute Gasteiger partial charge is 0.284 e. The van der Waals surface area contributed by atoms with E-state index < -0.39 is 0 Å². The molecule has 1 aromatic rings. The third-order valence-electron chi connectivity index (χ3n) is 4.16. The summed E-state index contributed by atoms with van der Waals surface area (Å²) < 4.78 is 1.63. The lowest BCUT2D eigenvalue weighted by molar-refractivity contribution is 0.155. The van der Waals surface area contributed by atoms with Crippen LogP contribution in [0.15, 0.2) is 15.5 Å². The van der Waals surface area contributed by atoms with Gasteiger partial charge in [0.15, 0.2) is 0 Å². The van der Waals surface area contributed by atoms with Gasteiger partial charge in [0.2, 0.25) is 0 Å². The molecule has 1 aliphatic carbocycles. The first-order valence-electron chi connectivity index (χ1n) is 7.09. The molecule has 0 aromatic carbocycles. The Morgan fingerprint density at radius 1 is 1.62 bits per heavy atom. The average Bonchev–Trinajstić information content (AvgIpc) is 2.49. The van der Waals surface area contributed by atoms with E-state index >= 15 is 0 Å². The predicted molar refractivity (Wildman–Crippen MR) is 86.1 cm³/mol. The minimum Gasteiger partial charge on any atom is -0.394 e. The zero-order valence-electron chi connectivity index (χ0n) is 12.1. The van der Waals surface area contributed by atoms with Gasteiger partial charge in [-0.1, -0.05) is 12.8 Å². The van der Waals surface area contributed by atoms with E-state index in [0.29, 0.717) is 16.1 Å². The summed E-state index contributed by atoms with van der Waals surface area (Å²) in [4.78, 5) is 12.1. The molecular formula is C15H20BrN3O2. The lowest BCUT2D eigenvalue weighted by Gasteiger charge is -2.39. The van der Waals surface area contributed by atoms with Crippen LogP contribution in [0.4, 0.5) is 5.69 Å². The van der Waals surface area contributed by atoms with E-state index in [9.17, 15) is 9.90 Å². The molecule has 2 rings (SSSR count). The van der Waals surface area contributed by atoms with E-state index in [2.05, 4.69) is 39.2 Å². The Bertz CT molecular complexity index is 598. The number of rotatable bonds is 4. The highest BCUT2D eigenvalue weighted by Gasteiger charge is 2.34. The maximum Gasteiger partial charge on any atom is 0.284 e. The Labute approximate surface area is 132 Å². The van der Waals surface area contributed by atoms with E-state index in [1.54, 1.807) is 6.20 Å². The standard InChI is InChI=1S/C15H20BrN3O2/c1-3-8-19-14(21)13(16)12(9-17-19)18-15(10-20)6-4-11(2)5-7-15/h1,9,11,18,20H,4-8,10H2,2H3. The van der Waals surface area contributed by atoms with Crippen molar-refractivity contribution in [3.05, 3.63) is 21.0 Å². The third-order valence-corrected chi connectivity index (χ3v) is 4.93. The molecule has 6 heteroatoms. The van der Waals surface area contributed by atoms with Gasteiger partial charge < -0.3 is 10.4 Å². The lowest BCUT2D eigenvalue weighted by Crippen LogP contribution is -2.45. The van der Waals surface area contributed by atoms with E-state index in [0.717, 1.165) is 25.7 Å². The van der Waals surface area contributed by atoms with Crippen molar-refractivity contribution in [1.82, 2.24) is 9.78 Å². The van der Waals surface area contributed by atoms with Gasteiger partial charge in [0, 0.05) is 0 Å². The predicted octanol–water partition coefficient (Wildman–Crippen LogP) is 1.99. The van der Waals surface area contributed by atoms with E-state index in [1.165, 1.54) is 4.68 Å². The Balaban J connectivity index is 2.25. The molecular weight excluding hydrogens is 334 g/mol. The lowest BCUT2D eigenvalue weighted by atomic mass is 9.77. The number of nitrogens with one attached hydrogen (secondary N) is 1. The first-order chi connectivity index (χ1) is 10.0. The number of nitrogens with zero attached hydrogens (tertiary/aromatic N) is 2. The summed E-state index contributed by atoms with van der Waals surface area (Å²) in [6.45, 7) is 2.40. The minimum atomic E-state index is -0.374. The molecule has 0 saturated heterocycles. The summed E-state index contributed by atoms with van der Waals surface area (Å²) in [5, 5.41) is 17.2. The molecule has 1 saturated carbocycles. The summed E-state index contributed by atoms with van der Waals surface area (Å²) in [5.41, 5.74) is -0.0337. The molecule has 1 aliphatic rings. The molecule has 0 unspecified atom stereocenters. The number of hydrogen-bond acceptors (Lipinski definition) is 4. The maximum absolute atomic E-state index is 12.1. The molecule has 0 aliphatic heterocycles. The van der Waals surface area contributed by atoms with Crippen molar-refractivity contribution in [1.29, 1.82) is 0 Å². The van der Waals surface area contributed by atoms with E-state index in [1.807, 2.05) is 0 Å². The van der Waals surface area contributed by atoms with Crippen LogP contribution in [0, 0.1) is 18.3 Å². The van der Waals surface area contributed by atoms with Crippen molar-refractivity contribution >= 4 is 21.6 Å². The summed E-state index contributed by atoms with van der Waals surface area (Å²) in [6, 6.07) is 0. The second-order valence-electron chi connectivity index (χ2n) is 5.79. The van der Waals surface area contributed by atoms with E-state index in [4.69, 9.17) is 6.42 Å². The Morgan fingerprint density at radius 3 is 2.86 bits per heavy atom. The van der Waals surface area contributed by atoms with Gasteiger partial charge in [-0.3, -0.25) is 4.79 Å². The fourth-order valence-electron chi connectivity index (χ4n) is 2.67. The number of aliphatic hydroxyl groups is 1. The topological polar surface area (TPSA) is 67.2 Å². The first-order valence-corrected chi connectivity index (χ1v) is 7.89. The number of aliphatic hydroxyl groups excluding tert-OH is 1. The number of hydrogen-bond donors (Lipinski definition) is 2. The SMILES string of the molecule is C#CCn1ncc(NC2(CO)CCC(C)CC2)c(Br)c1=O. The normalized spacial score (nSPS) is 25.3. The molecule has 2 N–H and O–H groups in total. The zero-order valence-corrected chi connectivity index (χ0v) is 13.7. The van der Waals surface area contributed by atoms with E-state index in [-0.39, 0.29) is 24.2 Å². The fourth-order valence-corrected chi connectivity index (χ4v) is 3.08. The number of anilines is 1. The number of aromatic nitrogens is 2. The van der Waals surface area contributed by atoms with Crippen LogP contribution in [-0.4, -0.2) is 27.0 Å². The van der Waals surface area contributed by atoms with Crippen molar-refractivity contribution in [3.8, 4) is 12.3 Å². The van der Waals surface area contributed by atoms with Crippen LogP contribution in [0.3, 0.4) is 0 Å². The molecule has 0 atom stereocenters. The third kappa shape index (κ3) is 3.47. The first kappa shape index (κ1) is 16.1. The van der Waals surface area contributed by atoms with Crippen molar-refractivity contribution in [2.45, 2.75) is 44.7 Å². The largest absolute Gasteiger partial charge is 0.394 e. The van der Waals surface area contributed by atoms with Crippen LogP contribution in [-0.2, 0) is 6.54 Å². The van der Waals surface area contributed by atoms with Crippen molar-refractivity contribution in [2.24, 2.45) is 5.92 Å². The molecule has 114 valence electrons. The Hall–Kier alpha value is -1.32. The van der Waals surface area contributed by atoms with Gasteiger partial charge in [0.25, 0.3) is 5.56 Å². The van der Waals surface area contributed by atoms with Gasteiger partial charge in [0.05, 0.1) is 24.0 Å². The Kier molecular flexibility index (Phi) is 5.07. The summed E-state index contributed by atoms with van der Waals surface area (Å²) in [6.07, 6.45) is 10.7. The molecule has 0 radical (unpaired) electrons. The van der Waals surface area contributed by atoms with Gasteiger partial charge in [-0.25, -0.2) is 4.68 Å². The number of terminal acetylenes is 1. The van der Waals surface area contributed by atoms with Crippen LogP contribution in [0.1, 0.15) is 32.6 Å². The molecule has 1 aromatic heterocycles. The average molecular weight is 354 g/mol. The van der Waals surface area contributed by atoms with Gasteiger partial charge in [-0.2, -0.15) is 5.10 Å². The van der Waals surface area contributed by atoms with Gasteiger partial charge in [-0.15, -0.1) is 6.42 Å². The molecule has 21 heavy (non-hydrogen) atoms. The molecule has 1 heterocycles. The monoisotopic (exact) mass is 353 g/mol. The Morgan fingerprint density at radius 2 is 2.29 bits per heavy atom. The van der Waals surface area contributed by atoms with Crippen molar-refractivity contribution in [3.63, 3.8) is 0 Å². The number of halogens is 1. The van der Waals surface area contributed by atoms with Crippen molar-refractivity contribution < 1.29 is 5.11 Å².